The van der Waals surface area contributed by atoms with E-state index in [0.717, 1.165) is 38.1 Å². The summed E-state index contributed by atoms with van der Waals surface area (Å²) in [6.07, 6.45) is 2.18. The summed E-state index contributed by atoms with van der Waals surface area (Å²) in [4.78, 5) is 7.14. The highest BCUT2D eigenvalue weighted by molar-refractivity contribution is 5.75. The molecule has 0 radical (unpaired) electrons. The van der Waals surface area contributed by atoms with Crippen molar-refractivity contribution in [3.63, 3.8) is 0 Å². The smallest absolute Gasteiger partial charge is 0.161 e. The summed E-state index contributed by atoms with van der Waals surface area (Å²) in [5.41, 5.74) is 0.908. The predicted octanol–water partition coefficient (Wildman–Crippen LogP) is 2.11. The standard InChI is InChI=1S/C13H15F2N3O/c14-9-5-11-12(6-10(9)15)18-13(17-11)7-19-8-1-3-16-4-2-8/h5-6,8,16H,1-4,7H2,(H,17,18). The fourth-order valence-electron chi connectivity index (χ4n) is 2.29. The zero-order valence-electron chi connectivity index (χ0n) is 10.4. The molecule has 1 aliphatic heterocycles. The van der Waals surface area contributed by atoms with Gasteiger partial charge < -0.3 is 15.0 Å². The Kier molecular flexibility index (Phi) is 3.44. The van der Waals surface area contributed by atoms with Crippen LogP contribution in [0.4, 0.5) is 8.78 Å². The quantitative estimate of drug-likeness (QED) is 0.895. The van der Waals surface area contributed by atoms with Crippen LogP contribution in [0.2, 0.25) is 0 Å². The van der Waals surface area contributed by atoms with Crippen LogP contribution in [0.5, 0.6) is 0 Å². The molecular weight excluding hydrogens is 252 g/mol. The van der Waals surface area contributed by atoms with Crippen molar-refractivity contribution in [3.8, 4) is 0 Å². The molecule has 2 heterocycles. The molecule has 0 unspecified atom stereocenters. The van der Waals surface area contributed by atoms with Gasteiger partial charge in [-0.05, 0) is 25.9 Å². The molecule has 6 heteroatoms. The Labute approximate surface area is 109 Å². The number of aromatic amines is 1. The molecule has 102 valence electrons. The highest BCUT2D eigenvalue weighted by Crippen LogP contribution is 2.17. The van der Waals surface area contributed by atoms with Gasteiger partial charge in [-0.1, -0.05) is 0 Å². The Morgan fingerprint density at radius 3 is 2.74 bits per heavy atom. The molecule has 2 aromatic rings. The normalized spacial score (nSPS) is 17.2. The van der Waals surface area contributed by atoms with Crippen molar-refractivity contribution in [1.82, 2.24) is 15.3 Å². The monoisotopic (exact) mass is 267 g/mol. The third-order valence-electron chi connectivity index (χ3n) is 3.31. The van der Waals surface area contributed by atoms with Crippen LogP contribution in [0.3, 0.4) is 0 Å². The second-order valence-corrected chi connectivity index (χ2v) is 4.73. The van der Waals surface area contributed by atoms with Crippen LogP contribution < -0.4 is 5.32 Å². The second kappa shape index (κ2) is 5.22. The largest absolute Gasteiger partial charge is 0.370 e. The summed E-state index contributed by atoms with van der Waals surface area (Å²) >= 11 is 0. The van der Waals surface area contributed by atoms with E-state index < -0.39 is 11.6 Å². The molecule has 1 saturated heterocycles. The summed E-state index contributed by atoms with van der Waals surface area (Å²) in [7, 11) is 0. The number of ether oxygens (including phenoxy) is 1. The van der Waals surface area contributed by atoms with Crippen LogP contribution in [0.25, 0.3) is 11.0 Å². The van der Waals surface area contributed by atoms with Gasteiger partial charge in [-0.2, -0.15) is 0 Å². The number of benzene rings is 1. The average Bonchev–Trinajstić information content (AvgIpc) is 2.80. The van der Waals surface area contributed by atoms with Gasteiger partial charge in [0, 0.05) is 12.1 Å². The first-order valence-corrected chi connectivity index (χ1v) is 6.38. The number of nitrogens with one attached hydrogen (secondary N) is 2. The van der Waals surface area contributed by atoms with Crippen LogP contribution in [-0.2, 0) is 11.3 Å². The van der Waals surface area contributed by atoms with Gasteiger partial charge in [0.25, 0.3) is 0 Å². The molecule has 0 saturated carbocycles. The van der Waals surface area contributed by atoms with Crippen molar-refractivity contribution in [1.29, 1.82) is 0 Å². The van der Waals surface area contributed by atoms with Crippen LogP contribution in [0, 0.1) is 11.6 Å². The number of aromatic nitrogens is 2. The number of piperidine rings is 1. The lowest BCUT2D eigenvalue weighted by Crippen LogP contribution is -2.32. The molecule has 1 aliphatic rings. The Bertz CT molecular complexity index is 540. The van der Waals surface area contributed by atoms with Gasteiger partial charge in [0.2, 0.25) is 0 Å². The minimum absolute atomic E-state index is 0.225. The third-order valence-corrected chi connectivity index (χ3v) is 3.31. The summed E-state index contributed by atoms with van der Waals surface area (Å²) < 4.78 is 31.9. The number of hydrogen-bond donors (Lipinski definition) is 2. The molecule has 4 nitrogen and oxygen atoms in total. The Hall–Kier alpha value is -1.53. The van der Waals surface area contributed by atoms with Crippen molar-refractivity contribution in [3.05, 3.63) is 29.6 Å². The van der Waals surface area contributed by atoms with E-state index in [1.54, 1.807) is 0 Å². The van der Waals surface area contributed by atoms with Crippen LogP contribution >= 0.6 is 0 Å². The van der Waals surface area contributed by atoms with E-state index in [9.17, 15) is 8.78 Å². The molecule has 19 heavy (non-hydrogen) atoms. The van der Waals surface area contributed by atoms with Gasteiger partial charge in [0.05, 0.1) is 17.1 Å². The van der Waals surface area contributed by atoms with E-state index in [-0.39, 0.29) is 6.10 Å². The number of nitrogens with zero attached hydrogens (tertiary/aromatic N) is 1. The minimum atomic E-state index is -0.884. The Morgan fingerprint density at radius 1 is 1.21 bits per heavy atom. The number of H-pyrrole nitrogens is 1. The van der Waals surface area contributed by atoms with Crippen molar-refractivity contribution < 1.29 is 13.5 Å². The lowest BCUT2D eigenvalue weighted by atomic mass is 10.1. The molecular formula is C13H15F2N3O. The number of hydrogen-bond acceptors (Lipinski definition) is 3. The second-order valence-electron chi connectivity index (χ2n) is 4.73. The van der Waals surface area contributed by atoms with Gasteiger partial charge in [-0.15, -0.1) is 0 Å². The minimum Gasteiger partial charge on any atom is -0.370 e. The molecule has 2 N–H and O–H groups in total. The van der Waals surface area contributed by atoms with Crippen molar-refractivity contribution in [2.24, 2.45) is 0 Å². The van der Waals surface area contributed by atoms with E-state index in [2.05, 4.69) is 15.3 Å². The van der Waals surface area contributed by atoms with E-state index in [1.165, 1.54) is 0 Å². The molecule has 0 atom stereocenters. The molecule has 0 aliphatic carbocycles. The molecule has 1 aromatic carbocycles. The highest BCUT2D eigenvalue weighted by Gasteiger charge is 2.14. The van der Waals surface area contributed by atoms with Gasteiger partial charge in [0.1, 0.15) is 12.4 Å². The zero-order valence-corrected chi connectivity index (χ0v) is 10.4. The van der Waals surface area contributed by atoms with Gasteiger partial charge in [0.15, 0.2) is 11.6 Å². The number of imidazole rings is 1. The lowest BCUT2D eigenvalue weighted by molar-refractivity contribution is 0.0182. The topological polar surface area (TPSA) is 49.9 Å². The van der Waals surface area contributed by atoms with Crippen LogP contribution in [0.15, 0.2) is 12.1 Å². The van der Waals surface area contributed by atoms with Gasteiger partial charge in [-0.25, -0.2) is 13.8 Å². The number of fused-ring (bicyclic) bond motifs is 1. The summed E-state index contributed by atoms with van der Waals surface area (Å²) in [5, 5.41) is 3.26. The Morgan fingerprint density at radius 2 is 1.95 bits per heavy atom. The highest BCUT2D eigenvalue weighted by atomic mass is 19.2. The average molecular weight is 267 g/mol. The molecule has 1 fully saturated rings. The van der Waals surface area contributed by atoms with Crippen molar-refractivity contribution in [2.45, 2.75) is 25.6 Å². The molecule has 0 bridgehead atoms. The summed E-state index contributed by atoms with van der Waals surface area (Å²) in [5.74, 6) is -1.16. The maximum atomic E-state index is 13.1. The van der Waals surface area contributed by atoms with Gasteiger partial charge >= 0.3 is 0 Å². The molecule has 0 amide bonds. The van der Waals surface area contributed by atoms with E-state index >= 15 is 0 Å². The molecule has 0 spiro atoms. The van der Waals surface area contributed by atoms with Crippen molar-refractivity contribution in [2.75, 3.05) is 13.1 Å². The summed E-state index contributed by atoms with van der Waals surface area (Å²) in [6.45, 7) is 2.25. The van der Waals surface area contributed by atoms with E-state index in [0.29, 0.717) is 23.5 Å². The van der Waals surface area contributed by atoms with E-state index in [4.69, 9.17) is 4.74 Å². The number of halogens is 2. The van der Waals surface area contributed by atoms with E-state index in [1.807, 2.05) is 0 Å². The third kappa shape index (κ3) is 2.74. The molecule has 3 rings (SSSR count). The molecule has 1 aromatic heterocycles. The first-order valence-electron chi connectivity index (χ1n) is 6.38. The fourth-order valence-corrected chi connectivity index (χ4v) is 2.29. The Balaban J connectivity index is 1.70. The zero-order chi connectivity index (χ0) is 13.2. The van der Waals surface area contributed by atoms with Crippen LogP contribution in [0.1, 0.15) is 18.7 Å². The predicted molar refractivity (Wildman–Crippen MR) is 66.7 cm³/mol. The number of rotatable bonds is 3. The SMILES string of the molecule is Fc1cc2nc(COC3CCNCC3)[nH]c2cc1F. The van der Waals surface area contributed by atoms with Gasteiger partial charge in [-0.3, -0.25) is 0 Å². The first-order chi connectivity index (χ1) is 9.22. The fraction of sp³-hybridized carbons (Fsp3) is 0.462. The first kappa shape index (κ1) is 12.5. The summed E-state index contributed by atoms with van der Waals surface area (Å²) in [6, 6.07) is 2.21. The maximum absolute atomic E-state index is 13.1. The maximum Gasteiger partial charge on any atom is 0.161 e. The van der Waals surface area contributed by atoms with Crippen molar-refractivity contribution >= 4 is 11.0 Å². The van der Waals surface area contributed by atoms with Crippen LogP contribution in [-0.4, -0.2) is 29.2 Å². The lowest BCUT2D eigenvalue weighted by Gasteiger charge is -2.22.